The predicted octanol–water partition coefficient (Wildman–Crippen LogP) is 3.62. The molecule has 0 aliphatic rings. The highest BCUT2D eigenvalue weighted by Crippen LogP contribution is 2.16. The smallest absolute Gasteiger partial charge is 0.242 e. The molecule has 2 aromatic carbocycles. The van der Waals surface area contributed by atoms with Crippen LogP contribution < -0.4 is 10.1 Å². The van der Waals surface area contributed by atoms with Crippen molar-refractivity contribution in [3.8, 4) is 5.75 Å². The van der Waals surface area contributed by atoms with Gasteiger partial charge < -0.3 is 10.1 Å². The van der Waals surface area contributed by atoms with E-state index in [0.29, 0.717) is 25.9 Å². The van der Waals surface area contributed by atoms with Gasteiger partial charge in [0.2, 0.25) is 15.9 Å². The Kier molecular flexibility index (Phi) is 9.33. The first-order chi connectivity index (χ1) is 14.3. The van der Waals surface area contributed by atoms with E-state index in [1.54, 1.807) is 30.3 Å². The molecule has 0 bridgehead atoms. The molecule has 0 fully saturated rings. The van der Waals surface area contributed by atoms with Gasteiger partial charge in [-0.05, 0) is 62.9 Å². The van der Waals surface area contributed by atoms with Gasteiger partial charge in [0.15, 0.2) is 0 Å². The molecule has 2 rings (SSSR count). The quantitative estimate of drug-likeness (QED) is 0.520. The summed E-state index contributed by atoms with van der Waals surface area (Å²) < 4.78 is 31.9. The van der Waals surface area contributed by atoms with E-state index in [1.165, 1.54) is 16.9 Å². The Bertz CT molecular complexity index is 898. The summed E-state index contributed by atoms with van der Waals surface area (Å²) in [4.78, 5) is 12.3. The topological polar surface area (TPSA) is 75.7 Å². The lowest BCUT2D eigenvalue weighted by atomic mass is 10.1. The van der Waals surface area contributed by atoms with E-state index in [1.807, 2.05) is 32.0 Å². The third kappa shape index (κ3) is 7.80. The molecular weight excluding hydrogens is 400 g/mol. The van der Waals surface area contributed by atoms with Crippen molar-refractivity contribution >= 4 is 15.9 Å². The summed E-state index contributed by atoms with van der Waals surface area (Å²) in [6, 6.07) is 16.3. The number of nitrogens with zero attached hydrogens (tertiary/aromatic N) is 1. The zero-order valence-corrected chi connectivity index (χ0v) is 18.8. The molecular formula is C23H32N2O4S. The van der Waals surface area contributed by atoms with Crippen LogP contribution in [0.25, 0.3) is 0 Å². The molecule has 0 saturated heterocycles. The van der Waals surface area contributed by atoms with Gasteiger partial charge in [-0.1, -0.05) is 30.3 Å². The molecule has 0 unspecified atom stereocenters. The number of hydrogen-bond donors (Lipinski definition) is 1. The zero-order chi connectivity index (χ0) is 22.0. The van der Waals surface area contributed by atoms with Gasteiger partial charge >= 0.3 is 0 Å². The van der Waals surface area contributed by atoms with Crippen LogP contribution >= 0.6 is 0 Å². The second kappa shape index (κ2) is 11.7. The van der Waals surface area contributed by atoms with Crippen molar-refractivity contribution in [1.29, 1.82) is 0 Å². The SMILES string of the molecule is CC(C)Oc1cccc(CCCNC(=O)CCCN(C)S(=O)(=O)c2ccccc2)c1. The zero-order valence-electron chi connectivity index (χ0n) is 18.0. The molecule has 0 spiro atoms. The van der Waals surface area contributed by atoms with Crippen LogP contribution in [-0.4, -0.2) is 44.9 Å². The second-order valence-electron chi connectivity index (χ2n) is 7.51. The minimum atomic E-state index is -3.51. The summed E-state index contributed by atoms with van der Waals surface area (Å²) in [5.41, 5.74) is 1.18. The van der Waals surface area contributed by atoms with Crippen LogP contribution in [0.1, 0.15) is 38.7 Å². The average molecular weight is 433 g/mol. The molecule has 2 aromatic rings. The summed E-state index contributed by atoms with van der Waals surface area (Å²) in [5, 5.41) is 2.91. The lowest BCUT2D eigenvalue weighted by molar-refractivity contribution is -0.121. The van der Waals surface area contributed by atoms with E-state index in [9.17, 15) is 13.2 Å². The van der Waals surface area contributed by atoms with E-state index in [2.05, 4.69) is 11.4 Å². The van der Waals surface area contributed by atoms with E-state index in [4.69, 9.17) is 4.74 Å². The lowest BCUT2D eigenvalue weighted by Gasteiger charge is -2.17. The maximum absolute atomic E-state index is 12.5. The number of hydrogen-bond acceptors (Lipinski definition) is 4. The molecule has 0 aliphatic carbocycles. The monoisotopic (exact) mass is 432 g/mol. The number of ether oxygens (including phenoxy) is 1. The Morgan fingerprint density at radius 1 is 1.07 bits per heavy atom. The van der Waals surface area contributed by atoms with Crippen molar-refractivity contribution in [3.63, 3.8) is 0 Å². The highest BCUT2D eigenvalue weighted by molar-refractivity contribution is 7.89. The van der Waals surface area contributed by atoms with Crippen LogP contribution in [0.4, 0.5) is 0 Å². The Morgan fingerprint density at radius 3 is 2.50 bits per heavy atom. The average Bonchev–Trinajstić information content (AvgIpc) is 2.71. The largest absolute Gasteiger partial charge is 0.491 e. The Morgan fingerprint density at radius 2 is 1.80 bits per heavy atom. The Balaban J connectivity index is 1.66. The van der Waals surface area contributed by atoms with Crippen molar-refractivity contribution in [1.82, 2.24) is 9.62 Å². The van der Waals surface area contributed by atoms with E-state index in [-0.39, 0.29) is 16.9 Å². The van der Waals surface area contributed by atoms with Crippen LogP contribution in [-0.2, 0) is 21.2 Å². The number of rotatable bonds is 12. The van der Waals surface area contributed by atoms with Gasteiger partial charge in [-0.3, -0.25) is 4.79 Å². The molecule has 1 N–H and O–H groups in total. The third-order valence-electron chi connectivity index (χ3n) is 4.56. The number of nitrogens with one attached hydrogen (secondary N) is 1. The number of benzene rings is 2. The van der Waals surface area contributed by atoms with Gasteiger partial charge in [0.1, 0.15) is 5.75 Å². The van der Waals surface area contributed by atoms with Crippen molar-refractivity contribution in [2.45, 2.75) is 50.5 Å². The number of sulfonamides is 1. The van der Waals surface area contributed by atoms with Crippen LogP contribution in [0.3, 0.4) is 0 Å². The summed E-state index contributed by atoms with van der Waals surface area (Å²) in [6.45, 7) is 4.88. The molecule has 0 aromatic heterocycles. The lowest BCUT2D eigenvalue weighted by Crippen LogP contribution is -2.30. The highest BCUT2D eigenvalue weighted by atomic mass is 32.2. The molecule has 0 saturated carbocycles. The van der Waals surface area contributed by atoms with Crippen LogP contribution in [0, 0.1) is 0 Å². The molecule has 1 amide bonds. The standard InChI is InChI=1S/C23H32N2O4S/c1-19(2)29-21-12-7-10-20(18-21)11-8-16-24-23(26)15-9-17-25(3)30(27,28)22-13-5-4-6-14-22/h4-7,10,12-14,18-19H,8-9,11,15-17H2,1-3H3,(H,24,26). The van der Waals surface area contributed by atoms with Gasteiger partial charge in [0.05, 0.1) is 11.0 Å². The van der Waals surface area contributed by atoms with Gasteiger partial charge in [-0.15, -0.1) is 0 Å². The fourth-order valence-corrected chi connectivity index (χ4v) is 4.24. The highest BCUT2D eigenvalue weighted by Gasteiger charge is 2.19. The molecule has 30 heavy (non-hydrogen) atoms. The predicted molar refractivity (Wildman–Crippen MR) is 119 cm³/mol. The molecule has 0 aliphatic heterocycles. The summed E-state index contributed by atoms with van der Waals surface area (Å²) in [6.07, 6.45) is 2.60. The van der Waals surface area contributed by atoms with Crippen LogP contribution in [0.2, 0.25) is 0 Å². The van der Waals surface area contributed by atoms with Crippen molar-refractivity contribution in [3.05, 3.63) is 60.2 Å². The molecule has 0 radical (unpaired) electrons. The Labute approximate surface area is 180 Å². The number of amides is 1. The minimum Gasteiger partial charge on any atom is -0.491 e. The molecule has 0 heterocycles. The van der Waals surface area contributed by atoms with E-state index in [0.717, 1.165) is 18.6 Å². The molecule has 0 atom stereocenters. The summed E-state index contributed by atoms with van der Waals surface area (Å²) in [7, 11) is -1.97. The van der Waals surface area contributed by atoms with Crippen molar-refractivity contribution in [2.24, 2.45) is 0 Å². The fraction of sp³-hybridized carbons (Fsp3) is 0.435. The van der Waals surface area contributed by atoms with Gasteiger partial charge in [-0.2, -0.15) is 0 Å². The summed E-state index contributed by atoms with van der Waals surface area (Å²) >= 11 is 0. The normalized spacial score (nSPS) is 11.6. The van der Waals surface area contributed by atoms with Crippen molar-refractivity contribution in [2.75, 3.05) is 20.1 Å². The van der Waals surface area contributed by atoms with Crippen LogP contribution in [0.5, 0.6) is 5.75 Å². The number of carbonyl (C=O) groups excluding carboxylic acids is 1. The first-order valence-electron chi connectivity index (χ1n) is 10.3. The Hall–Kier alpha value is -2.38. The first-order valence-corrected chi connectivity index (χ1v) is 11.8. The van der Waals surface area contributed by atoms with Gasteiger partial charge in [-0.25, -0.2) is 12.7 Å². The molecule has 164 valence electrons. The summed E-state index contributed by atoms with van der Waals surface area (Å²) in [5.74, 6) is 0.804. The molecule has 7 heteroatoms. The molecule has 6 nitrogen and oxygen atoms in total. The van der Waals surface area contributed by atoms with E-state index >= 15 is 0 Å². The maximum atomic E-state index is 12.5. The third-order valence-corrected chi connectivity index (χ3v) is 6.43. The second-order valence-corrected chi connectivity index (χ2v) is 9.56. The van der Waals surface area contributed by atoms with Gasteiger partial charge in [0, 0.05) is 26.6 Å². The number of carbonyl (C=O) groups is 1. The van der Waals surface area contributed by atoms with Crippen LogP contribution in [0.15, 0.2) is 59.5 Å². The van der Waals surface area contributed by atoms with Crippen molar-refractivity contribution < 1.29 is 17.9 Å². The minimum absolute atomic E-state index is 0.0580. The van der Waals surface area contributed by atoms with E-state index < -0.39 is 10.0 Å². The number of aryl methyl sites for hydroxylation is 1. The van der Waals surface area contributed by atoms with Gasteiger partial charge in [0.25, 0.3) is 0 Å². The maximum Gasteiger partial charge on any atom is 0.242 e. The fourth-order valence-electron chi connectivity index (χ4n) is 3.01. The first kappa shape index (κ1) is 23.9.